The molecular weight excluding hydrogens is 446 g/mol. The van der Waals surface area contributed by atoms with Gasteiger partial charge in [-0.05, 0) is 36.4 Å². The predicted octanol–water partition coefficient (Wildman–Crippen LogP) is 4.92. The average molecular weight is 464 g/mol. The molecule has 1 aliphatic heterocycles. The van der Waals surface area contributed by atoms with Crippen LogP contribution in [0.3, 0.4) is 0 Å². The maximum absolute atomic E-state index is 12.5. The van der Waals surface area contributed by atoms with E-state index in [1.165, 1.54) is 11.8 Å². The number of benzene rings is 1. The molecule has 4 rings (SSSR count). The van der Waals surface area contributed by atoms with Gasteiger partial charge in [-0.3, -0.25) is 9.36 Å². The lowest BCUT2D eigenvalue weighted by Crippen LogP contribution is -2.17. The standard InChI is InChI=1S/C19H18BrN3O2S2/c20-14-5-1-4-13(10-14)16(24)12-27-19-22-21-18(17-7-3-9-26-17)23(19)11-15-6-2-8-25-15/h1,3-5,7,9-10,15H,2,6,8,11-12H2/t15-/m1/s1. The highest BCUT2D eigenvalue weighted by Crippen LogP contribution is 2.29. The number of hydrogen-bond donors (Lipinski definition) is 0. The van der Waals surface area contributed by atoms with Crippen LogP contribution in [0.2, 0.25) is 0 Å². The molecule has 2 aromatic heterocycles. The number of thiophene rings is 1. The Morgan fingerprint density at radius 1 is 1.33 bits per heavy atom. The molecule has 0 aliphatic carbocycles. The highest BCUT2D eigenvalue weighted by atomic mass is 79.9. The maximum atomic E-state index is 12.5. The molecule has 0 bridgehead atoms. The minimum Gasteiger partial charge on any atom is -0.376 e. The van der Waals surface area contributed by atoms with Gasteiger partial charge < -0.3 is 4.74 Å². The van der Waals surface area contributed by atoms with Crippen LogP contribution in [-0.2, 0) is 11.3 Å². The fraction of sp³-hybridized carbons (Fsp3) is 0.316. The number of carbonyl (C=O) groups is 1. The number of ether oxygens (including phenoxy) is 1. The third kappa shape index (κ3) is 4.51. The van der Waals surface area contributed by atoms with E-state index in [-0.39, 0.29) is 11.9 Å². The van der Waals surface area contributed by atoms with Crippen LogP contribution in [0.1, 0.15) is 23.2 Å². The summed E-state index contributed by atoms with van der Waals surface area (Å²) in [6.07, 6.45) is 2.31. The van der Waals surface area contributed by atoms with Gasteiger partial charge in [-0.2, -0.15) is 0 Å². The summed E-state index contributed by atoms with van der Waals surface area (Å²) >= 11 is 6.48. The molecule has 8 heteroatoms. The summed E-state index contributed by atoms with van der Waals surface area (Å²) in [4.78, 5) is 13.6. The molecule has 1 aliphatic rings. The topological polar surface area (TPSA) is 57.0 Å². The first-order valence-corrected chi connectivity index (χ1v) is 11.4. The Balaban J connectivity index is 1.53. The van der Waals surface area contributed by atoms with E-state index in [1.807, 2.05) is 41.8 Å². The van der Waals surface area contributed by atoms with Gasteiger partial charge in [0.1, 0.15) is 0 Å². The normalized spacial score (nSPS) is 16.7. The fourth-order valence-corrected chi connectivity index (χ4v) is 4.97. The van der Waals surface area contributed by atoms with Crippen LogP contribution in [-0.4, -0.2) is 39.0 Å². The Morgan fingerprint density at radius 3 is 3.00 bits per heavy atom. The molecule has 1 atom stereocenters. The Bertz CT molecular complexity index is 921. The lowest BCUT2D eigenvalue weighted by molar-refractivity contribution is 0.0953. The third-order valence-corrected chi connectivity index (χ3v) is 6.67. The average Bonchev–Trinajstić information content (AvgIpc) is 3.42. The van der Waals surface area contributed by atoms with Crippen molar-refractivity contribution in [1.29, 1.82) is 0 Å². The molecule has 3 heterocycles. The van der Waals surface area contributed by atoms with Crippen LogP contribution in [0.4, 0.5) is 0 Å². The molecule has 1 aromatic carbocycles. The molecule has 0 unspecified atom stereocenters. The van der Waals surface area contributed by atoms with E-state index in [1.54, 1.807) is 11.3 Å². The van der Waals surface area contributed by atoms with Gasteiger partial charge in [-0.25, -0.2) is 0 Å². The first kappa shape index (κ1) is 18.9. The fourth-order valence-electron chi connectivity index (χ4n) is 3.02. The second-order valence-electron chi connectivity index (χ2n) is 6.25. The summed E-state index contributed by atoms with van der Waals surface area (Å²) in [5.41, 5.74) is 0.695. The van der Waals surface area contributed by atoms with Gasteiger partial charge in [0.15, 0.2) is 16.8 Å². The number of carbonyl (C=O) groups excluding carboxylic acids is 1. The number of nitrogens with zero attached hydrogens (tertiary/aromatic N) is 3. The van der Waals surface area contributed by atoms with E-state index in [9.17, 15) is 4.79 Å². The number of halogens is 1. The van der Waals surface area contributed by atoms with Gasteiger partial charge in [0.25, 0.3) is 0 Å². The zero-order valence-electron chi connectivity index (χ0n) is 14.5. The molecule has 1 fully saturated rings. The minimum absolute atomic E-state index is 0.0747. The lowest BCUT2D eigenvalue weighted by Gasteiger charge is -2.14. The van der Waals surface area contributed by atoms with E-state index >= 15 is 0 Å². The lowest BCUT2D eigenvalue weighted by atomic mass is 10.2. The molecular formula is C19H18BrN3O2S2. The molecule has 27 heavy (non-hydrogen) atoms. The third-order valence-electron chi connectivity index (χ3n) is 4.35. The van der Waals surface area contributed by atoms with Crippen molar-refractivity contribution in [3.63, 3.8) is 0 Å². The Labute approximate surface area is 174 Å². The van der Waals surface area contributed by atoms with Crippen LogP contribution in [0.5, 0.6) is 0 Å². The largest absolute Gasteiger partial charge is 0.376 e. The van der Waals surface area contributed by atoms with Crippen molar-refractivity contribution in [3.8, 4) is 10.7 Å². The summed E-state index contributed by atoms with van der Waals surface area (Å²) in [5.74, 6) is 1.24. The number of aromatic nitrogens is 3. The van der Waals surface area contributed by atoms with Gasteiger partial charge in [-0.15, -0.1) is 21.5 Å². The number of rotatable bonds is 7. The van der Waals surface area contributed by atoms with E-state index in [0.29, 0.717) is 17.9 Å². The second-order valence-corrected chi connectivity index (χ2v) is 9.06. The van der Waals surface area contributed by atoms with Crippen molar-refractivity contribution < 1.29 is 9.53 Å². The first-order valence-electron chi connectivity index (χ1n) is 8.71. The van der Waals surface area contributed by atoms with Crippen molar-refractivity contribution in [2.24, 2.45) is 0 Å². The Morgan fingerprint density at radius 2 is 2.26 bits per heavy atom. The number of thioether (sulfide) groups is 1. The first-order chi connectivity index (χ1) is 13.2. The van der Waals surface area contributed by atoms with Crippen LogP contribution < -0.4 is 0 Å². The maximum Gasteiger partial charge on any atom is 0.192 e. The van der Waals surface area contributed by atoms with Crippen molar-refractivity contribution in [3.05, 3.63) is 51.8 Å². The molecule has 3 aromatic rings. The zero-order valence-corrected chi connectivity index (χ0v) is 17.7. The second kappa shape index (κ2) is 8.68. The Hall–Kier alpha value is -1.48. The SMILES string of the molecule is O=C(CSc1nnc(-c2cccs2)n1C[C@H]1CCCO1)c1cccc(Br)c1. The molecule has 140 valence electrons. The monoisotopic (exact) mass is 463 g/mol. The number of ketones is 1. The summed E-state index contributed by atoms with van der Waals surface area (Å²) in [5, 5.41) is 11.5. The molecule has 0 spiro atoms. The van der Waals surface area contributed by atoms with Gasteiger partial charge in [0.2, 0.25) is 0 Å². The Kier molecular flexibility index (Phi) is 6.07. The van der Waals surface area contributed by atoms with Crippen LogP contribution in [0, 0.1) is 0 Å². The molecule has 1 saturated heterocycles. The predicted molar refractivity (Wildman–Crippen MR) is 112 cm³/mol. The summed E-state index contributed by atoms with van der Waals surface area (Å²) in [7, 11) is 0. The van der Waals surface area contributed by atoms with E-state index in [2.05, 4.69) is 30.7 Å². The van der Waals surface area contributed by atoms with E-state index < -0.39 is 0 Å². The summed E-state index contributed by atoms with van der Waals surface area (Å²) in [6.45, 7) is 1.53. The molecule has 0 saturated carbocycles. The highest BCUT2D eigenvalue weighted by Gasteiger charge is 2.22. The number of Topliss-reactive ketones (excluding diaryl/α,β-unsaturated/α-hetero) is 1. The van der Waals surface area contributed by atoms with Gasteiger partial charge in [0, 0.05) is 16.6 Å². The zero-order chi connectivity index (χ0) is 18.6. The highest BCUT2D eigenvalue weighted by molar-refractivity contribution is 9.10. The quantitative estimate of drug-likeness (QED) is 0.367. The molecule has 0 amide bonds. The van der Waals surface area contributed by atoms with Crippen molar-refractivity contribution >= 4 is 44.8 Å². The summed E-state index contributed by atoms with van der Waals surface area (Å²) < 4.78 is 8.81. The molecule has 5 nitrogen and oxygen atoms in total. The minimum atomic E-state index is 0.0747. The van der Waals surface area contributed by atoms with Crippen LogP contribution in [0.25, 0.3) is 10.7 Å². The van der Waals surface area contributed by atoms with Gasteiger partial charge >= 0.3 is 0 Å². The molecule has 0 radical (unpaired) electrons. The summed E-state index contributed by atoms with van der Waals surface area (Å²) in [6, 6.07) is 11.5. The van der Waals surface area contributed by atoms with Gasteiger partial charge in [-0.1, -0.05) is 45.9 Å². The van der Waals surface area contributed by atoms with Crippen molar-refractivity contribution in [2.75, 3.05) is 12.4 Å². The van der Waals surface area contributed by atoms with Crippen LogP contribution in [0.15, 0.2) is 51.4 Å². The van der Waals surface area contributed by atoms with Crippen LogP contribution >= 0.6 is 39.0 Å². The smallest absolute Gasteiger partial charge is 0.192 e. The van der Waals surface area contributed by atoms with E-state index in [4.69, 9.17) is 4.74 Å². The van der Waals surface area contributed by atoms with E-state index in [0.717, 1.165) is 39.8 Å². The van der Waals surface area contributed by atoms with Crippen molar-refractivity contribution in [2.45, 2.75) is 30.6 Å². The number of hydrogen-bond acceptors (Lipinski definition) is 6. The van der Waals surface area contributed by atoms with Crippen molar-refractivity contribution in [1.82, 2.24) is 14.8 Å². The molecule has 0 N–H and O–H groups in total. The van der Waals surface area contributed by atoms with Gasteiger partial charge in [0.05, 0.1) is 23.3 Å².